The number of nitrogens with one attached hydrogen (secondary N) is 2. The van der Waals surface area contributed by atoms with Crippen LogP contribution >= 0.6 is 12.4 Å². The SMILES string of the molecule is Cl.NC[C@H]1CCC[C@H]1C(=O)Nc1ccc(C(=O)NC2CCCCC2)cc1. The third kappa shape index (κ3) is 5.21. The summed E-state index contributed by atoms with van der Waals surface area (Å²) in [6.07, 6.45) is 8.83. The molecular weight excluding hydrogens is 350 g/mol. The molecule has 144 valence electrons. The van der Waals surface area contributed by atoms with Crippen LogP contribution in [0.25, 0.3) is 0 Å². The first kappa shape index (κ1) is 20.7. The average Bonchev–Trinajstić information content (AvgIpc) is 3.12. The lowest BCUT2D eigenvalue weighted by Crippen LogP contribution is -2.36. The van der Waals surface area contributed by atoms with Gasteiger partial charge in [0.05, 0.1) is 0 Å². The van der Waals surface area contributed by atoms with E-state index in [4.69, 9.17) is 5.73 Å². The Labute approximate surface area is 161 Å². The highest BCUT2D eigenvalue weighted by Gasteiger charge is 2.31. The highest BCUT2D eigenvalue weighted by molar-refractivity contribution is 5.96. The molecule has 0 aromatic heterocycles. The van der Waals surface area contributed by atoms with E-state index in [0.29, 0.717) is 24.1 Å². The summed E-state index contributed by atoms with van der Waals surface area (Å²) in [4.78, 5) is 24.7. The van der Waals surface area contributed by atoms with Gasteiger partial charge in [-0.3, -0.25) is 9.59 Å². The van der Waals surface area contributed by atoms with Crippen LogP contribution in [-0.2, 0) is 4.79 Å². The molecular formula is C20H30ClN3O2. The lowest BCUT2D eigenvalue weighted by atomic mass is 9.95. The summed E-state index contributed by atoms with van der Waals surface area (Å²) >= 11 is 0. The number of amides is 2. The summed E-state index contributed by atoms with van der Waals surface area (Å²) in [6.45, 7) is 0.568. The Morgan fingerprint density at radius 2 is 1.65 bits per heavy atom. The molecule has 0 aliphatic heterocycles. The fourth-order valence-electron chi connectivity index (χ4n) is 4.12. The van der Waals surface area contributed by atoms with Crippen LogP contribution in [0.4, 0.5) is 5.69 Å². The van der Waals surface area contributed by atoms with E-state index in [1.54, 1.807) is 24.3 Å². The molecule has 3 rings (SSSR count). The molecule has 6 heteroatoms. The molecule has 0 bridgehead atoms. The highest BCUT2D eigenvalue weighted by atomic mass is 35.5. The first-order chi connectivity index (χ1) is 12.2. The summed E-state index contributed by atoms with van der Waals surface area (Å²) in [7, 11) is 0. The van der Waals surface area contributed by atoms with Crippen LogP contribution in [0.5, 0.6) is 0 Å². The van der Waals surface area contributed by atoms with Gasteiger partial charge in [0.15, 0.2) is 0 Å². The molecule has 4 N–H and O–H groups in total. The molecule has 2 atom stereocenters. The van der Waals surface area contributed by atoms with Crippen molar-refractivity contribution in [1.82, 2.24) is 5.32 Å². The molecule has 1 aromatic rings. The van der Waals surface area contributed by atoms with Crippen LogP contribution in [0.15, 0.2) is 24.3 Å². The van der Waals surface area contributed by atoms with Crippen molar-refractivity contribution in [1.29, 1.82) is 0 Å². The molecule has 2 fully saturated rings. The number of benzene rings is 1. The molecule has 0 saturated heterocycles. The average molecular weight is 380 g/mol. The van der Waals surface area contributed by atoms with E-state index in [0.717, 1.165) is 37.8 Å². The number of rotatable bonds is 5. The quantitative estimate of drug-likeness (QED) is 0.732. The minimum absolute atomic E-state index is 0. The van der Waals surface area contributed by atoms with Crippen molar-refractivity contribution in [3.05, 3.63) is 29.8 Å². The molecule has 0 radical (unpaired) electrons. The molecule has 1 aromatic carbocycles. The summed E-state index contributed by atoms with van der Waals surface area (Å²) < 4.78 is 0. The van der Waals surface area contributed by atoms with Crippen LogP contribution in [-0.4, -0.2) is 24.4 Å². The van der Waals surface area contributed by atoms with E-state index >= 15 is 0 Å². The Morgan fingerprint density at radius 1 is 0.962 bits per heavy atom. The molecule has 2 aliphatic rings. The predicted octanol–water partition coefficient (Wildman–Crippen LogP) is 3.48. The Kier molecular flexibility index (Phi) is 7.91. The van der Waals surface area contributed by atoms with Crippen LogP contribution in [0.1, 0.15) is 61.7 Å². The third-order valence-corrected chi connectivity index (χ3v) is 5.65. The van der Waals surface area contributed by atoms with Crippen LogP contribution in [0.3, 0.4) is 0 Å². The van der Waals surface area contributed by atoms with Crippen molar-refractivity contribution in [3.63, 3.8) is 0 Å². The van der Waals surface area contributed by atoms with Gasteiger partial charge in [0, 0.05) is 23.2 Å². The highest BCUT2D eigenvalue weighted by Crippen LogP contribution is 2.31. The zero-order chi connectivity index (χ0) is 17.6. The summed E-state index contributed by atoms with van der Waals surface area (Å²) in [6, 6.07) is 7.47. The number of anilines is 1. The summed E-state index contributed by atoms with van der Waals surface area (Å²) in [5, 5.41) is 6.08. The van der Waals surface area contributed by atoms with Crippen molar-refractivity contribution in [3.8, 4) is 0 Å². The topological polar surface area (TPSA) is 84.2 Å². The van der Waals surface area contributed by atoms with Gasteiger partial charge in [0.1, 0.15) is 0 Å². The van der Waals surface area contributed by atoms with Crippen LogP contribution in [0.2, 0.25) is 0 Å². The van der Waals surface area contributed by atoms with E-state index in [1.807, 2.05) is 0 Å². The number of carbonyl (C=O) groups excluding carboxylic acids is 2. The zero-order valence-electron chi connectivity index (χ0n) is 15.2. The Morgan fingerprint density at radius 3 is 2.31 bits per heavy atom. The number of hydrogen-bond acceptors (Lipinski definition) is 3. The Balaban J connectivity index is 0.00000243. The van der Waals surface area contributed by atoms with Crippen molar-refractivity contribution in [2.75, 3.05) is 11.9 Å². The Bertz CT molecular complexity index is 600. The van der Waals surface area contributed by atoms with E-state index < -0.39 is 0 Å². The monoisotopic (exact) mass is 379 g/mol. The maximum Gasteiger partial charge on any atom is 0.251 e. The molecule has 5 nitrogen and oxygen atoms in total. The first-order valence-corrected chi connectivity index (χ1v) is 9.59. The maximum atomic E-state index is 12.4. The van der Waals surface area contributed by atoms with E-state index in [1.165, 1.54) is 19.3 Å². The largest absolute Gasteiger partial charge is 0.349 e. The van der Waals surface area contributed by atoms with Crippen molar-refractivity contribution in [2.45, 2.75) is 57.4 Å². The fraction of sp³-hybridized carbons (Fsp3) is 0.600. The van der Waals surface area contributed by atoms with Crippen molar-refractivity contribution < 1.29 is 9.59 Å². The molecule has 2 aliphatic carbocycles. The van der Waals surface area contributed by atoms with Gasteiger partial charge in [-0.1, -0.05) is 25.7 Å². The van der Waals surface area contributed by atoms with E-state index in [2.05, 4.69) is 10.6 Å². The number of halogens is 1. The summed E-state index contributed by atoms with van der Waals surface area (Å²) in [5.74, 6) is 0.330. The normalized spacial score (nSPS) is 23.1. The standard InChI is InChI=1S/C20H29N3O2.ClH/c21-13-15-5-4-8-18(15)20(25)23-17-11-9-14(10-12-17)19(24)22-16-6-2-1-3-7-16;/h9-12,15-16,18H,1-8,13,21H2,(H,22,24)(H,23,25);1H/t15-,18-;/m1./s1. The van der Waals surface area contributed by atoms with Crippen LogP contribution in [0, 0.1) is 11.8 Å². The Hall–Kier alpha value is -1.59. The minimum atomic E-state index is -0.0243. The molecule has 2 amide bonds. The maximum absolute atomic E-state index is 12.4. The fourth-order valence-corrected chi connectivity index (χ4v) is 4.12. The molecule has 0 unspecified atom stereocenters. The van der Waals surface area contributed by atoms with Gasteiger partial charge < -0.3 is 16.4 Å². The molecule has 26 heavy (non-hydrogen) atoms. The molecule has 0 spiro atoms. The predicted molar refractivity (Wildman–Crippen MR) is 107 cm³/mol. The van der Waals surface area contributed by atoms with Gasteiger partial charge in [0.25, 0.3) is 5.91 Å². The van der Waals surface area contributed by atoms with Gasteiger partial charge >= 0.3 is 0 Å². The van der Waals surface area contributed by atoms with Crippen LogP contribution < -0.4 is 16.4 Å². The second-order valence-electron chi connectivity index (χ2n) is 7.41. The number of hydrogen-bond donors (Lipinski definition) is 3. The first-order valence-electron chi connectivity index (χ1n) is 9.59. The van der Waals surface area contributed by atoms with Gasteiger partial charge in [-0.05, 0) is 62.4 Å². The van der Waals surface area contributed by atoms with E-state index in [9.17, 15) is 9.59 Å². The second-order valence-corrected chi connectivity index (χ2v) is 7.41. The lowest BCUT2D eigenvalue weighted by molar-refractivity contribution is -0.120. The van der Waals surface area contributed by atoms with Crippen molar-refractivity contribution in [2.24, 2.45) is 17.6 Å². The van der Waals surface area contributed by atoms with Crippen molar-refractivity contribution >= 4 is 29.9 Å². The van der Waals surface area contributed by atoms with Gasteiger partial charge in [0.2, 0.25) is 5.91 Å². The number of carbonyl (C=O) groups is 2. The lowest BCUT2D eigenvalue weighted by Gasteiger charge is -2.22. The van der Waals surface area contributed by atoms with Gasteiger partial charge in [-0.25, -0.2) is 0 Å². The second kappa shape index (κ2) is 9.93. The van der Waals surface area contributed by atoms with E-state index in [-0.39, 0.29) is 30.1 Å². The molecule has 2 saturated carbocycles. The third-order valence-electron chi connectivity index (χ3n) is 5.65. The zero-order valence-corrected chi connectivity index (χ0v) is 16.0. The smallest absolute Gasteiger partial charge is 0.251 e. The van der Waals surface area contributed by atoms with Gasteiger partial charge in [-0.2, -0.15) is 0 Å². The molecule has 0 heterocycles. The minimum Gasteiger partial charge on any atom is -0.349 e. The van der Waals surface area contributed by atoms with Gasteiger partial charge in [-0.15, -0.1) is 12.4 Å². The number of nitrogens with two attached hydrogens (primary N) is 1. The summed E-state index contributed by atoms with van der Waals surface area (Å²) in [5.41, 5.74) is 7.14.